The minimum absolute atomic E-state index is 0. The van der Waals surface area contributed by atoms with Gasteiger partial charge in [0, 0.05) is 38.2 Å². The van der Waals surface area contributed by atoms with Crippen LogP contribution in [0.4, 0.5) is 0 Å². The van der Waals surface area contributed by atoms with Gasteiger partial charge in [0.1, 0.15) is 0 Å². The van der Waals surface area contributed by atoms with Crippen molar-refractivity contribution in [2.75, 3.05) is 46.6 Å². The van der Waals surface area contributed by atoms with Gasteiger partial charge in [-0.3, -0.25) is 4.99 Å². The average molecular weight is 455 g/mol. The largest absolute Gasteiger partial charge is 0.382 e. The Morgan fingerprint density at radius 1 is 1.22 bits per heavy atom. The Hall–Kier alpha value is -0.380. The first kappa shape index (κ1) is 22.6. The topological polar surface area (TPSA) is 54.9 Å². The fourth-order valence-corrected chi connectivity index (χ4v) is 2.56. The average Bonchev–Trinajstić information content (AvgIpc) is 3.03. The summed E-state index contributed by atoms with van der Waals surface area (Å²) >= 11 is 1.80. The van der Waals surface area contributed by atoms with Crippen LogP contribution < -0.4 is 10.6 Å². The number of unbranched alkanes of at least 4 members (excludes halogenated alkanes) is 1. The third-order valence-corrected chi connectivity index (χ3v) is 3.92. The Labute approximate surface area is 161 Å². The van der Waals surface area contributed by atoms with E-state index < -0.39 is 0 Å². The maximum absolute atomic E-state index is 5.43. The van der Waals surface area contributed by atoms with Gasteiger partial charge in [0.2, 0.25) is 0 Å². The zero-order chi connectivity index (χ0) is 15.9. The molecule has 0 saturated carbocycles. The lowest BCUT2D eigenvalue weighted by Crippen LogP contribution is -2.38. The van der Waals surface area contributed by atoms with Crippen LogP contribution in [0.3, 0.4) is 0 Å². The summed E-state index contributed by atoms with van der Waals surface area (Å²) in [7, 11) is 1.69. The fraction of sp³-hybridized carbons (Fsp3) is 0.688. The SMILES string of the molecule is CCNC(=NCCCCOCCOC)NCCc1cccs1.I. The lowest BCUT2D eigenvalue weighted by atomic mass is 10.3. The summed E-state index contributed by atoms with van der Waals surface area (Å²) in [5.41, 5.74) is 0. The number of thiophene rings is 1. The molecule has 0 aliphatic heterocycles. The van der Waals surface area contributed by atoms with E-state index in [1.807, 2.05) is 0 Å². The van der Waals surface area contributed by atoms with Crippen LogP contribution in [0.25, 0.3) is 0 Å². The van der Waals surface area contributed by atoms with Crippen molar-refractivity contribution in [1.82, 2.24) is 10.6 Å². The van der Waals surface area contributed by atoms with Gasteiger partial charge >= 0.3 is 0 Å². The molecule has 0 fully saturated rings. The van der Waals surface area contributed by atoms with Crippen molar-refractivity contribution in [3.05, 3.63) is 22.4 Å². The molecule has 23 heavy (non-hydrogen) atoms. The van der Waals surface area contributed by atoms with Crippen LogP contribution in [0.1, 0.15) is 24.6 Å². The van der Waals surface area contributed by atoms with E-state index in [0.29, 0.717) is 13.2 Å². The fourth-order valence-electron chi connectivity index (χ4n) is 1.85. The summed E-state index contributed by atoms with van der Waals surface area (Å²) < 4.78 is 10.4. The predicted octanol–water partition coefficient (Wildman–Crippen LogP) is 2.91. The van der Waals surface area contributed by atoms with Crippen molar-refractivity contribution in [3.8, 4) is 0 Å². The summed E-state index contributed by atoms with van der Waals surface area (Å²) in [6, 6.07) is 4.26. The first-order chi connectivity index (χ1) is 10.9. The van der Waals surface area contributed by atoms with Gasteiger partial charge in [0.05, 0.1) is 13.2 Å². The second-order valence-electron chi connectivity index (χ2n) is 4.83. The highest BCUT2D eigenvalue weighted by Crippen LogP contribution is 2.07. The maximum Gasteiger partial charge on any atom is 0.191 e. The normalized spacial score (nSPS) is 11.1. The number of nitrogens with zero attached hydrogens (tertiary/aromatic N) is 1. The van der Waals surface area contributed by atoms with Crippen LogP contribution in [-0.2, 0) is 15.9 Å². The Bertz CT molecular complexity index is 389. The molecule has 0 spiro atoms. The van der Waals surface area contributed by atoms with Crippen LogP contribution in [0.2, 0.25) is 0 Å². The van der Waals surface area contributed by atoms with E-state index in [0.717, 1.165) is 51.5 Å². The van der Waals surface area contributed by atoms with E-state index in [1.54, 1.807) is 18.4 Å². The first-order valence-electron chi connectivity index (χ1n) is 7.98. The van der Waals surface area contributed by atoms with Crippen LogP contribution in [0.5, 0.6) is 0 Å². The lowest BCUT2D eigenvalue weighted by molar-refractivity contribution is 0.0690. The van der Waals surface area contributed by atoms with Gasteiger partial charge in [0.15, 0.2) is 5.96 Å². The van der Waals surface area contributed by atoms with Gasteiger partial charge in [-0.05, 0) is 37.6 Å². The van der Waals surface area contributed by atoms with Crippen molar-refractivity contribution in [1.29, 1.82) is 0 Å². The molecule has 1 aromatic heterocycles. The van der Waals surface area contributed by atoms with Crippen LogP contribution >= 0.6 is 35.3 Å². The third kappa shape index (κ3) is 12.7. The second kappa shape index (κ2) is 16.5. The molecule has 0 radical (unpaired) electrons. The quantitative estimate of drug-likeness (QED) is 0.220. The minimum atomic E-state index is 0. The highest BCUT2D eigenvalue weighted by atomic mass is 127. The van der Waals surface area contributed by atoms with Crippen LogP contribution in [0, 0.1) is 0 Å². The summed E-state index contributed by atoms with van der Waals surface area (Å²) in [4.78, 5) is 5.98. The van der Waals surface area contributed by atoms with E-state index >= 15 is 0 Å². The standard InChI is InChI=1S/C16H29N3O2S.HI/c1-3-17-16(19-10-8-15-7-6-14-22-15)18-9-4-5-11-21-13-12-20-2;/h6-7,14H,3-5,8-13H2,1-2H3,(H2,17,18,19);1H. The molecular formula is C16H30IN3O2S. The summed E-state index contributed by atoms with van der Waals surface area (Å²) in [5, 5.41) is 8.77. The zero-order valence-electron chi connectivity index (χ0n) is 14.2. The molecule has 5 nitrogen and oxygen atoms in total. The van der Waals surface area contributed by atoms with E-state index in [4.69, 9.17) is 9.47 Å². The minimum Gasteiger partial charge on any atom is -0.382 e. The highest BCUT2D eigenvalue weighted by Gasteiger charge is 1.98. The molecule has 0 unspecified atom stereocenters. The van der Waals surface area contributed by atoms with Crippen molar-refractivity contribution < 1.29 is 9.47 Å². The van der Waals surface area contributed by atoms with E-state index in [1.165, 1.54) is 4.88 Å². The molecule has 1 heterocycles. The molecule has 0 saturated heterocycles. The molecule has 0 atom stereocenters. The Morgan fingerprint density at radius 2 is 2.09 bits per heavy atom. The van der Waals surface area contributed by atoms with Crippen LogP contribution in [0.15, 0.2) is 22.5 Å². The number of ether oxygens (including phenoxy) is 2. The van der Waals surface area contributed by atoms with Crippen molar-refractivity contribution in [2.24, 2.45) is 4.99 Å². The molecule has 0 aromatic carbocycles. The van der Waals surface area contributed by atoms with Gasteiger partial charge in [-0.15, -0.1) is 35.3 Å². The summed E-state index contributed by atoms with van der Waals surface area (Å²) in [6.07, 6.45) is 3.10. The number of hydrogen-bond donors (Lipinski definition) is 2. The maximum atomic E-state index is 5.43. The zero-order valence-corrected chi connectivity index (χ0v) is 17.3. The molecule has 0 aliphatic rings. The number of nitrogens with one attached hydrogen (secondary N) is 2. The Kier molecular flexibility index (Phi) is 16.2. The smallest absolute Gasteiger partial charge is 0.191 e. The number of halogens is 1. The molecule has 0 bridgehead atoms. The number of guanidine groups is 1. The molecule has 0 aliphatic carbocycles. The van der Waals surface area contributed by atoms with Crippen LogP contribution in [-0.4, -0.2) is 52.5 Å². The van der Waals surface area contributed by atoms with Gasteiger partial charge in [0.25, 0.3) is 0 Å². The number of rotatable bonds is 12. The highest BCUT2D eigenvalue weighted by molar-refractivity contribution is 14.0. The molecule has 1 rings (SSSR count). The van der Waals surface area contributed by atoms with E-state index in [-0.39, 0.29) is 24.0 Å². The van der Waals surface area contributed by atoms with Crippen molar-refractivity contribution in [2.45, 2.75) is 26.2 Å². The van der Waals surface area contributed by atoms with Crippen molar-refractivity contribution >= 4 is 41.3 Å². The summed E-state index contributed by atoms with van der Waals surface area (Å²) in [6.45, 7) is 6.81. The third-order valence-electron chi connectivity index (χ3n) is 2.99. The number of aliphatic imine (C=N–C) groups is 1. The Morgan fingerprint density at radius 3 is 2.78 bits per heavy atom. The number of methoxy groups -OCH3 is 1. The first-order valence-corrected chi connectivity index (χ1v) is 8.86. The van der Waals surface area contributed by atoms with Crippen molar-refractivity contribution in [3.63, 3.8) is 0 Å². The van der Waals surface area contributed by atoms with Gasteiger partial charge in [-0.2, -0.15) is 0 Å². The Balaban J connectivity index is 0.00000484. The van der Waals surface area contributed by atoms with E-state index in [2.05, 4.69) is 40.1 Å². The van der Waals surface area contributed by atoms with Gasteiger partial charge in [-0.1, -0.05) is 6.07 Å². The molecule has 0 amide bonds. The van der Waals surface area contributed by atoms with Gasteiger partial charge in [-0.25, -0.2) is 0 Å². The molecule has 134 valence electrons. The number of hydrogen-bond acceptors (Lipinski definition) is 4. The van der Waals surface area contributed by atoms with Gasteiger partial charge < -0.3 is 20.1 Å². The summed E-state index contributed by atoms with van der Waals surface area (Å²) in [5.74, 6) is 0.902. The van der Waals surface area contributed by atoms with E-state index in [9.17, 15) is 0 Å². The molecule has 1 aromatic rings. The second-order valence-corrected chi connectivity index (χ2v) is 5.86. The molecular weight excluding hydrogens is 425 g/mol. The molecule has 7 heteroatoms. The lowest BCUT2D eigenvalue weighted by Gasteiger charge is -2.10. The monoisotopic (exact) mass is 455 g/mol. The predicted molar refractivity (Wildman–Crippen MR) is 109 cm³/mol. The molecule has 2 N–H and O–H groups in total.